The van der Waals surface area contributed by atoms with E-state index in [9.17, 15) is 9.59 Å². The Labute approximate surface area is 254 Å². The van der Waals surface area contributed by atoms with Crippen LogP contribution < -0.4 is 9.47 Å². The molecule has 0 bridgehead atoms. The lowest BCUT2D eigenvalue weighted by atomic mass is 10.1. The fourth-order valence-corrected chi connectivity index (χ4v) is 5.39. The van der Waals surface area contributed by atoms with E-state index in [-0.39, 0.29) is 4.32 Å². The van der Waals surface area contributed by atoms with Crippen molar-refractivity contribution in [2.45, 2.75) is 27.1 Å². The van der Waals surface area contributed by atoms with Crippen molar-refractivity contribution >= 4 is 46.3 Å². The Balaban J connectivity index is 0.000000513. The highest BCUT2D eigenvalue weighted by atomic mass is 32.2. The molecule has 3 aliphatic rings. The summed E-state index contributed by atoms with van der Waals surface area (Å²) < 4.78 is 12.3. The van der Waals surface area contributed by atoms with Gasteiger partial charge in [-0.2, -0.15) is 0 Å². The molecule has 3 aromatic rings. The summed E-state index contributed by atoms with van der Waals surface area (Å²) >= 11 is 6.30. The topological polar surface area (TPSA) is 76.1 Å². The van der Waals surface area contributed by atoms with Crippen LogP contribution in [0.15, 0.2) is 95.9 Å². The van der Waals surface area contributed by atoms with E-state index in [1.165, 1.54) is 16.7 Å². The minimum Gasteiger partial charge on any atom is -0.489 e. The highest BCUT2D eigenvalue weighted by Gasteiger charge is 2.33. The zero-order chi connectivity index (χ0) is 29.6. The molecule has 0 aromatic heterocycles. The van der Waals surface area contributed by atoms with E-state index in [0.29, 0.717) is 35.2 Å². The second kappa shape index (κ2) is 13.1. The number of hydrogen-bond acceptors (Lipinski definition) is 6. The summed E-state index contributed by atoms with van der Waals surface area (Å²) in [6.07, 6.45) is 1.67. The molecule has 1 saturated heterocycles. The van der Waals surface area contributed by atoms with Gasteiger partial charge in [0, 0.05) is 5.56 Å². The number of aryl methyl sites for hydroxylation is 2. The van der Waals surface area contributed by atoms with Crippen LogP contribution in [0.3, 0.4) is 0 Å². The predicted molar refractivity (Wildman–Crippen MR) is 170 cm³/mol. The van der Waals surface area contributed by atoms with Gasteiger partial charge in [-0.05, 0) is 66.4 Å². The molecule has 0 unspecified atom stereocenters. The first-order valence-corrected chi connectivity index (χ1v) is 14.6. The molecule has 1 fully saturated rings. The minimum absolute atomic E-state index is 0.211. The summed E-state index contributed by atoms with van der Waals surface area (Å²) in [5, 5.41) is 9.11. The van der Waals surface area contributed by atoms with E-state index in [0.717, 1.165) is 33.4 Å². The van der Waals surface area contributed by atoms with Gasteiger partial charge in [-0.1, -0.05) is 102 Å². The van der Waals surface area contributed by atoms with E-state index < -0.39 is 18.4 Å². The molecule has 8 heteroatoms. The Bertz CT molecular complexity index is 1650. The van der Waals surface area contributed by atoms with Gasteiger partial charge in [0.15, 0.2) is 0 Å². The Morgan fingerprint density at radius 3 is 1.98 bits per heavy atom. The molecular formula is C34H29NO5S2. The van der Waals surface area contributed by atoms with Gasteiger partial charge in [0.2, 0.25) is 0 Å². The maximum absolute atomic E-state index is 12.8. The van der Waals surface area contributed by atoms with Gasteiger partial charge in [-0.15, -0.1) is 0 Å². The highest BCUT2D eigenvalue weighted by molar-refractivity contribution is 8.26. The normalized spacial score (nSPS) is 14.0. The minimum atomic E-state index is -1.12. The average Bonchev–Trinajstić information content (AvgIpc) is 3.49. The third-order valence-electron chi connectivity index (χ3n) is 6.59. The summed E-state index contributed by atoms with van der Waals surface area (Å²) in [4.78, 5) is 25.4. The average molecular weight is 596 g/mol. The quantitative estimate of drug-likeness (QED) is 0.140. The number of rotatable bonds is 9. The molecule has 0 spiro atoms. The SMILES string of the molecule is Cc1ccc(COc2ccc(OCc3ccc(C)cc3)c(C=C3SC(=S)N(CC(=O)O)C3=O)c2)cc1.c1cc2cc-2c1. The maximum Gasteiger partial charge on any atom is 0.323 e. The van der Waals surface area contributed by atoms with Crippen molar-refractivity contribution in [2.75, 3.05) is 6.54 Å². The lowest BCUT2D eigenvalue weighted by molar-refractivity contribution is -0.140. The first kappa shape index (κ1) is 29.1. The van der Waals surface area contributed by atoms with Crippen LogP contribution in [0.4, 0.5) is 0 Å². The Morgan fingerprint density at radius 1 is 0.857 bits per heavy atom. The third kappa shape index (κ3) is 7.66. The van der Waals surface area contributed by atoms with Crippen molar-refractivity contribution in [2.24, 2.45) is 0 Å². The lowest BCUT2D eigenvalue weighted by Crippen LogP contribution is -2.33. The van der Waals surface area contributed by atoms with Gasteiger partial charge >= 0.3 is 5.97 Å². The van der Waals surface area contributed by atoms with Gasteiger partial charge in [0.25, 0.3) is 5.91 Å². The Hall–Kier alpha value is -4.40. The molecule has 0 saturated carbocycles. The largest absolute Gasteiger partial charge is 0.489 e. The van der Waals surface area contributed by atoms with Crippen molar-refractivity contribution < 1.29 is 24.2 Å². The molecule has 6 nitrogen and oxygen atoms in total. The highest BCUT2D eigenvalue weighted by Crippen LogP contribution is 2.36. The summed E-state index contributed by atoms with van der Waals surface area (Å²) in [6, 6.07) is 30.1. The third-order valence-corrected chi connectivity index (χ3v) is 7.97. The summed E-state index contributed by atoms with van der Waals surface area (Å²) in [5.74, 6) is -0.378. The second-order valence-electron chi connectivity index (χ2n) is 9.99. The fourth-order valence-electron chi connectivity index (χ4n) is 4.15. The van der Waals surface area contributed by atoms with E-state index in [2.05, 4.69) is 24.3 Å². The van der Waals surface area contributed by atoms with Gasteiger partial charge < -0.3 is 14.6 Å². The number of fused-ring (bicyclic) bond motifs is 1. The zero-order valence-electron chi connectivity index (χ0n) is 23.2. The van der Waals surface area contributed by atoms with Crippen LogP contribution in [0.2, 0.25) is 0 Å². The van der Waals surface area contributed by atoms with Crippen LogP contribution in [0.1, 0.15) is 27.8 Å². The number of carboxylic acids is 1. The number of thioether (sulfide) groups is 1. The summed E-state index contributed by atoms with van der Waals surface area (Å²) in [7, 11) is 0. The molecule has 0 radical (unpaired) electrons. The summed E-state index contributed by atoms with van der Waals surface area (Å²) in [5.41, 5.74) is 7.88. The Kier molecular flexibility index (Phi) is 9.05. The number of carboxylic acid groups (broad SMARTS) is 1. The van der Waals surface area contributed by atoms with E-state index in [1.54, 1.807) is 6.08 Å². The van der Waals surface area contributed by atoms with Crippen LogP contribution in [0, 0.1) is 13.8 Å². The van der Waals surface area contributed by atoms with Crippen LogP contribution in [-0.2, 0) is 22.8 Å². The van der Waals surface area contributed by atoms with Crippen molar-refractivity contribution in [3.63, 3.8) is 0 Å². The molecule has 1 amide bonds. The molecule has 2 aliphatic carbocycles. The van der Waals surface area contributed by atoms with Gasteiger partial charge in [-0.25, -0.2) is 0 Å². The monoisotopic (exact) mass is 595 g/mol. The van der Waals surface area contributed by atoms with Gasteiger partial charge in [0.05, 0.1) is 4.91 Å². The molecule has 6 rings (SSSR count). The number of carbonyl (C=O) groups excluding carboxylic acids is 1. The second-order valence-corrected chi connectivity index (χ2v) is 11.7. The molecule has 3 aromatic carbocycles. The molecule has 212 valence electrons. The fraction of sp³-hybridized carbons (Fsp3) is 0.147. The smallest absolute Gasteiger partial charge is 0.323 e. The predicted octanol–water partition coefficient (Wildman–Crippen LogP) is 7.41. The lowest BCUT2D eigenvalue weighted by Gasteiger charge is -2.13. The first-order valence-electron chi connectivity index (χ1n) is 13.3. The van der Waals surface area contributed by atoms with Crippen LogP contribution in [0.5, 0.6) is 11.5 Å². The van der Waals surface area contributed by atoms with E-state index >= 15 is 0 Å². The van der Waals surface area contributed by atoms with Crippen LogP contribution in [-0.4, -0.2) is 32.7 Å². The van der Waals surface area contributed by atoms with Crippen LogP contribution in [0.25, 0.3) is 17.2 Å². The zero-order valence-corrected chi connectivity index (χ0v) is 24.8. The van der Waals surface area contributed by atoms with Gasteiger partial charge in [0.1, 0.15) is 35.6 Å². The van der Waals surface area contributed by atoms with Crippen molar-refractivity contribution in [3.8, 4) is 22.6 Å². The number of nitrogens with zero attached hydrogens (tertiary/aromatic N) is 1. The van der Waals surface area contributed by atoms with E-state index in [4.69, 9.17) is 26.8 Å². The number of carbonyl (C=O) groups is 2. The first-order chi connectivity index (χ1) is 20.2. The molecule has 42 heavy (non-hydrogen) atoms. The number of hydrogen-bond donors (Lipinski definition) is 1. The number of aliphatic carboxylic acids is 1. The number of ether oxygens (including phenoxy) is 2. The number of amides is 1. The summed E-state index contributed by atoms with van der Waals surface area (Å²) in [6.45, 7) is 4.33. The van der Waals surface area contributed by atoms with Crippen molar-refractivity contribution in [1.82, 2.24) is 4.90 Å². The molecule has 1 heterocycles. The van der Waals surface area contributed by atoms with Crippen LogP contribution >= 0.6 is 24.0 Å². The molecule has 0 atom stereocenters. The van der Waals surface area contributed by atoms with Crippen molar-refractivity contribution in [3.05, 3.63) is 124 Å². The molecule has 1 N–H and O–H groups in total. The molecule has 1 aliphatic heterocycles. The standard InChI is InChI=1S/C28H25NO5S2.C6H4/c1-18-3-7-20(8-4-18)16-33-23-11-12-24(34-17-21-9-5-19(2)6-10-21)22(13-23)14-25-27(32)29(15-26(30)31)28(35)36-25;1-2-5-4-6(5)3-1/h3-14H,15-17H2,1-2H3,(H,30,31);1-4H. The number of benzene rings is 4. The van der Waals surface area contributed by atoms with Gasteiger partial charge in [-0.3, -0.25) is 14.5 Å². The Morgan fingerprint density at radius 2 is 1.45 bits per heavy atom. The van der Waals surface area contributed by atoms with E-state index in [1.807, 2.05) is 80.6 Å². The molecular weight excluding hydrogens is 567 g/mol. The van der Waals surface area contributed by atoms with Crippen molar-refractivity contribution in [1.29, 1.82) is 0 Å². The maximum atomic E-state index is 12.8. The number of thiocarbonyl (C=S) groups is 1.